The van der Waals surface area contributed by atoms with E-state index in [1.54, 1.807) is 12.1 Å². The third kappa shape index (κ3) is 3.02. The van der Waals surface area contributed by atoms with Crippen molar-refractivity contribution in [1.29, 1.82) is 0 Å². The van der Waals surface area contributed by atoms with E-state index in [9.17, 15) is 17.6 Å². The molecule has 5 rings (SSSR count). The molecule has 4 nitrogen and oxygen atoms in total. The normalized spacial score (nSPS) is 11.9. The summed E-state index contributed by atoms with van der Waals surface area (Å²) < 4.78 is 74.2. The lowest BCUT2D eigenvalue weighted by molar-refractivity contribution is 0.431. The predicted octanol–water partition coefficient (Wildman–Crippen LogP) is 6.67. The molecular formula is C24H17F5N4. The molecule has 0 saturated heterocycles. The second kappa shape index (κ2) is 7.40. The van der Waals surface area contributed by atoms with Gasteiger partial charge in [-0.25, -0.2) is 26.5 Å². The molecule has 0 unspecified atom stereocenters. The van der Waals surface area contributed by atoms with Crippen LogP contribution < -0.4 is 0 Å². The molecule has 168 valence electrons. The molecule has 9 heteroatoms. The Morgan fingerprint density at radius 3 is 2.36 bits per heavy atom. The first kappa shape index (κ1) is 21.1. The maximum atomic E-state index is 15.4. The molecule has 2 aromatic carbocycles. The minimum Gasteiger partial charge on any atom is -0.278 e. The molecular weight excluding hydrogens is 439 g/mol. The Morgan fingerprint density at radius 2 is 1.64 bits per heavy atom. The number of aromatic nitrogens is 4. The number of hydrogen-bond acceptors (Lipinski definition) is 2. The van der Waals surface area contributed by atoms with Crippen molar-refractivity contribution in [3.63, 3.8) is 0 Å². The Bertz CT molecular complexity index is 1540. The molecule has 0 spiro atoms. The molecule has 0 bridgehead atoms. The number of nitrogens with one attached hydrogen (secondary N) is 1. The zero-order valence-electron chi connectivity index (χ0n) is 17.8. The van der Waals surface area contributed by atoms with Crippen molar-refractivity contribution in [3.8, 4) is 22.3 Å². The average molecular weight is 456 g/mol. The molecule has 3 aromatic heterocycles. The number of rotatable bonds is 3. The second-order valence-corrected chi connectivity index (χ2v) is 8.17. The largest absolute Gasteiger partial charge is 0.278 e. The van der Waals surface area contributed by atoms with E-state index in [4.69, 9.17) is 0 Å². The SMILES string of the molecule is Cc1c(F)c(F)c(F)c(-c2ccn3nc(C(C)C)c(-c4ccc5[nH]ncc5c4F)c3c2)c1F. The number of nitrogens with zero attached hydrogens (tertiary/aromatic N) is 3. The monoisotopic (exact) mass is 456 g/mol. The summed E-state index contributed by atoms with van der Waals surface area (Å²) in [6.07, 6.45) is 2.82. The predicted molar refractivity (Wildman–Crippen MR) is 114 cm³/mol. The maximum absolute atomic E-state index is 15.4. The Kier molecular flexibility index (Phi) is 4.73. The lowest BCUT2D eigenvalue weighted by atomic mass is 9.95. The highest BCUT2D eigenvalue weighted by Crippen LogP contribution is 2.39. The van der Waals surface area contributed by atoms with Gasteiger partial charge in [0, 0.05) is 22.9 Å². The van der Waals surface area contributed by atoms with Gasteiger partial charge in [0.2, 0.25) is 0 Å². The highest BCUT2D eigenvalue weighted by Gasteiger charge is 2.26. The molecule has 0 amide bonds. The number of pyridine rings is 1. The second-order valence-electron chi connectivity index (χ2n) is 8.17. The molecule has 0 aliphatic carbocycles. The minimum absolute atomic E-state index is 0.0271. The van der Waals surface area contributed by atoms with Crippen LogP contribution in [0.15, 0.2) is 36.7 Å². The lowest BCUT2D eigenvalue weighted by Gasteiger charge is -2.11. The molecule has 1 N–H and O–H groups in total. The van der Waals surface area contributed by atoms with Crippen molar-refractivity contribution in [2.24, 2.45) is 0 Å². The molecule has 0 radical (unpaired) electrons. The van der Waals surface area contributed by atoms with Gasteiger partial charge < -0.3 is 0 Å². The summed E-state index contributed by atoms with van der Waals surface area (Å²) in [6.45, 7) is 4.81. The fraction of sp³-hybridized carbons (Fsp3) is 0.167. The first-order valence-electron chi connectivity index (χ1n) is 10.2. The van der Waals surface area contributed by atoms with Gasteiger partial charge in [-0.3, -0.25) is 5.10 Å². The number of fused-ring (bicyclic) bond motifs is 2. The zero-order chi connectivity index (χ0) is 23.6. The molecule has 3 heterocycles. The summed E-state index contributed by atoms with van der Waals surface area (Å²) in [5.41, 5.74) is 0.765. The van der Waals surface area contributed by atoms with Crippen LogP contribution in [0, 0.1) is 36.0 Å². The third-order valence-corrected chi connectivity index (χ3v) is 5.81. The first-order valence-corrected chi connectivity index (χ1v) is 10.2. The summed E-state index contributed by atoms with van der Waals surface area (Å²) in [5.74, 6) is -6.79. The smallest absolute Gasteiger partial charge is 0.195 e. The Balaban J connectivity index is 1.84. The van der Waals surface area contributed by atoms with Crippen LogP contribution in [0.2, 0.25) is 0 Å². The van der Waals surface area contributed by atoms with Gasteiger partial charge in [0.15, 0.2) is 17.5 Å². The van der Waals surface area contributed by atoms with E-state index in [-0.39, 0.29) is 22.4 Å². The highest BCUT2D eigenvalue weighted by molar-refractivity contribution is 5.92. The summed E-state index contributed by atoms with van der Waals surface area (Å²) in [7, 11) is 0. The van der Waals surface area contributed by atoms with Gasteiger partial charge in [-0.1, -0.05) is 13.8 Å². The number of benzene rings is 2. The molecule has 0 aliphatic heterocycles. The van der Waals surface area contributed by atoms with Gasteiger partial charge in [0.1, 0.15) is 11.6 Å². The summed E-state index contributed by atoms with van der Waals surface area (Å²) >= 11 is 0. The van der Waals surface area contributed by atoms with E-state index in [2.05, 4.69) is 15.3 Å². The van der Waals surface area contributed by atoms with Gasteiger partial charge in [-0.15, -0.1) is 0 Å². The van der Waals surface area contributed by atoms with E-state index >= 15 is 4.39 Å². The van der Waals surface area contributed by atoms with E-state index < -0.39 is 40.2 Å². The number of aromatic amines is 1. The number of H-pyrrole nitrogens is 1. The van der Waals surface area contributed by atoms with E-state index in [1.165, 1.54) is 29.0 Å². The molecule has 5 aromatic rings. The van der Waals surface area contributed by atoms with E-state index in [0.717, 1.165) is 6.92 Å². The van der Waals surface area contributed by atoms with Crippen molar-refractivity contribution in [2.45, 2.75) is 26.7 Å². The topological polar surface area (TPSA) is 46.0 Å². The minimum atomic E-state index is -1.75. The van der Waals surface area contributed by atoms with Crippen molar-refractivity contribution >= 4 is 16.4 Å². The summed E-state index contributed by atoms with van der Waals surface area (Å²) in [6, 6.07) is 6.00. The van der Waals surface area contributed by atoms with Crippen molar-refractivity contribution in [3.05, 3.63) is 77.0 Å². The van der Waals surface area contributed by atoms with Crippen LogP contribution in [0.4, 0.5) is 22.0 Å². The van der Waals surface area contributed by atoms with Gasteiger partial charge in [0.25, 0.3) is 0 Å². The maximum Gasteiger partial charge on any atom is 0.195 e. The molecule has 0 saturated carbocycles. The lowest BCUT2D eigenvalue weighted by Crippen LogP contribution is -2.03. The highest BCUT2D eigenvalue weighted by atomic mass is 19.2. The van der Waals surface area contributed by atoms with Gasteiger partial charge in [-0.05, 0) is 42.7 Å². The van der Waals surface area contributed by atoms with Gasteiger partial charge in [-0.2, -0.15) is 10.2 Å². The standard InChI is InChI=1S/C24H17F5N4/c1-10(2)24-18(13-4-5-15-14(21(13)27)9-30-31-15)16-8-12(6-7-33(16)32-24)17-19(25)11(3)20(26)23(29)22(17)28/h4-10H,1-3H3,(H,30,31). The van der Waals surface area contributed by atoms with Gasteiger partial charge in [0.05, 0.1) is 33.9 Å². The molecule has 0 aliphatic rings. The van der Waals surface area contributed by atoms with Crippen LogP contribution in [0.1, 0.15) is 31.0 Å². The summed E-state index contributed by atoms with van der Waals surface area (Å²) in [4.78, 5) is 0. The zero-order valence-corrected chi connectivity index (χ0v) is 17.8. The average Bonchev–Trinajstić information content (AvgIpc) is 3.42. The van der Waals surface area contributed by atoms with Crippen LogP contribution >= 0.6 is 0 Å². The van der Waals surface area contributed by atoms with Crippen LogP contribution in [0.3, 0.4) is 0 Å². The Labute approximate surface area is 184 Å². The molecule has 0 fully saturated rings. The first-order chi connectivity index (χ1) is 15.7. The van der Waals surface area contributed by atoms with Crippen LogP contribution in [0.25, 0.3) is 38.7 Å². The van der Waals surface area contributed by atoms with Crippen molar-refractivity contribution in [2.75, 3.05) is 0 Å². The summed E-state index contributed by atoms with van der Waals surface area (Å²) in [5, 5.41) is 11.4. The quantitative estimate of drug-likeness (QED) is 0.187. The van der Waals surface area contributed by atoms with Crippen LogP contribution in [-0.4, -0.2) is 19.8 Å². The van der Waals surface area contributed by atoms with Crippen molar-refractivity contribution < 1.29 is 22.0 Å². The number of hydrogen-bond donors (Lipinski definition) is 1. The molecule has 0 atom stereocenters. The Morgan fingerprint density at radius 1 is 0.879 bits per heavy atom. The number of halogens is 5. The van der Waals surface area contributed by atoms with Gasteiger partial charge >= 0.3 is 0 Å². The molecule has 33 heavy (non-hydrogen) atoms. The third-order valence-electron chi connectivity index (χ3n) is 5.81. The Hall–Kier alpha value is -3.75. The van der Waals surface area contributed by atoms with Crippen molar-refractivity contribution in [1.82, 2.24) is 19.8 Å². The van der Waals surface area contributed by atoms with E-state index in [1.807, 2.05) is 13.8 Å². The fourth-order valence-electron chi connectivity index (χ4n) is 4.08. The van der Waals surface area contributed by atoms with Crippen LogP contribution in [-0.2, 0) is 0 Å². The van der Waals surface area contributed by atoms with E-state index in [0.29, 0.717) is 22.3 Å². The van der Waals surface area contributed by atoms with Crippen LogP contribution in [0.5, 0.6) is 0 Å². The fourth-order valence-corrected chi connectivity index (χ4v) is 4.08.